The predicted molar refractivity (Wildman–Crippen MR) is 98.2 cm³/mol. The van der Waals surface area contributed by atoms with Crippen LogP contribution in [-0.4, -0.2) is 27.1 Å². The summed E-state index contributed by atoms with van der Waals surface area (Å²) < 4.78 is 5.66. The maximum atomic E-state index is 11.9. The Hall–Kier alpha value is -3.39. The highest BCUT2D eigenvalue weighted by Gasteiger charge is 2.08. The molecule has 3 heterocycles. The molecule has 0 unspecified atom stereocenters. The van der Waals surface area contributed by atoms with Crippen molar-refractivity contribution in [3.05, 3.63) is 72.2 Å². The number of furan rings is 1. The average molecular weight is 363 g/mol. The number of nitrogens with zero attached hydrogens (tertiary/aromatic N) is 3. The number of pyridine rings is 1. The van der Waals surface area contributed by atoms with Crippen molar-refractivity contribution in [3.63, 3.8) is 0 Å². The average Bonchev–Trinajstić information content (AvgIpc) is 3.28. The molecule has 0 aliphatic heterocycles. The second-order valence-corrected chi connectivity index (χ2v) is 6.25. The lowest BCUT2D eigenvalue weighted by Gasteiger charge is -1.97. The van der Waals surface area contributed by atoms with Crippen molar-refractivity contribution in [2.45, 2.75) is 10.2 Å². The van der Waals surface area contributed by atoms with Gasteiger partial charge in [0.2, 0.25) is 0 Å². The number of fused-ring (bicyclic) bond motifs is 1. The zero-order chi connectivity index (χ0) is 17.8. The fraction of sp³-hybridized carbons (Fsp3) is 0. The minimum Gasteiger partial charge on any atom is -0.448 e. The van der Waals surface area contributed by atoms with Gasteiger partial charge in [0.05, 0.1) is 22.8 Å². The van der Waals surface area contributed by atoms with E-state index in [9.17, 15) is 4.79 Å². The summed E-state index contributed by atoms with van der Waals surface area (Å²) in [6, 6.07) is 14.8. The first-order valence-corrected chi connectivity index (χ1v) is 8.55. The fourth-order valence-electron chi connectivity index (χ4n) is 2.25. The molecule has 0 radical (unpaired) electrons. The normalized spacial score (nSPS) is 11.2. The smallest absolute Gasteiger partial charge is 0.272 e. The predicted octanol–water partition coefficient (Wildman–Crippen LogP) is 3.47. The second-order valence-electron chi connectivity index (χ2n) is 5.26. The van der Waals surface area contributed by atoms with E-state index in [1.807, 2.05) is 30.3 Å². The lowest BCUT2D eigenvalue weighted by molar-refractivity contribution is 0.0954. The highest BCUT2D eigenvalue weighted by Crippen LogP contribution is 2.28. The summed E-state index contributed by atoms with van der Waals surface area (Å²) in [6.07, 6.45) is 4.51. The third-order valence-electron chi connectivity index (χ3n) is 3.45. The van der Waals surface area contributed by atoms with Crippen LogP contribution < -0.4 is 5.43 Å². The van der Waals surface area contributed by atoms with Gasteiger partial charge in [-0.3, -0.25) is 9.78 Å². The van der Waals surface area contributed by atoms with Crippen molar-refractivity contribution in [2.75, 3.05) is 0 Å². The topological polar surface area (TPSA) is 96.2 Å². The molecule has 8 heteroatoms. The first kappa shape index (κ1) is 16.1. The molecular weight excluding hydrogens is 350 g/mol. The Balaban J connectivity index is 1.39. The van der Waals surface area contributed by atoms with Crippen molar-refractivity contribution in [2.24, 2.45) is 5.10 Å². The number of rotatable bonds is 5. The van der Waals surface area contributed by atoms with Crippen molar-refractivity contribution in [1.82, 2.24) is 20.4 Å². The van der Waals surface area contributed by atoms with E-state index >= 15 is 0 Å². The van der Waals surface area contributed by atoms with Gasteiger partial charge in [0.1, 0.15) is 5.76 Å². The molecule has 0 atom stereocenters. The minimum atomic E-state index is -0.335. The van der Waals surface area contributed by atoms with Crippen LogP contribution >= 0.6 is 11.8 Å². The zero-order valence-corrected chi connectivity index (χ0v) is 14.2. The molecular formula is C18H13N5O2S. The van der Waals surface area contributed by atoms with E-state index in [-0.39, 0.29) is 5.91 Å². The number of benzene rings is 1. The molecule has 0 aliphatic rings. The number of nitrogens with one attached hydrogen (secondary N) is 2. The Morgan fingerprint density at radius 3 is 2.96 bits per heavy atom. The first-order chi connectivity index (χ1) is 12.8. The van der Waals surface area contributed by atoms with Crippen molar-refractivity contribution >= 4 is 34.9 Å². The molecule has 128 valence electrons. The molecule has 4 aromatic rings. The Labute approximate surface area is 152 Å². The van der Waals surface area contributed by atoms with Gasteiger partial charge in [0.25, 0.3) is 5.91 Å². The van der Waals surface area contributed by atoms with E-state index in [2.05, 4.69) is 25.5 Å². The van der Waals surface area contributed by atoms with Crippen LogP contribution in [0.1, 0.15) is 16.1 Å². The van der Waals surface area contributed by atoms with Crippen molar-refractivity contribution in [1.29, 1.82) is 0 Å². The lowest BCUT2D eigenvalue weighted by atomic mass is 10.3. The summed E-state index contributed by atoms with van der Waals surface area (Å²) >= 11 is 1.38. The van der Waals surface area contributed by atoms with Gasteiger partial charge in [-0.1, -0.05) is 12.1 Å². The molecule has 0 aliphatic carbocycles. The highest BCUT2D eigenvalue weighted by atomic mass is 32.2. The van der Waals surface area contributed by atoms with Crippen LogP contribution in [0.4, 0.5) is 0 Å². The Kier molecular flexibility index (Phi) is 4.48. The van der Waals surface area contributed by atoms with Gasteiger partial charge in [-0.2, -0.15) is 5.10 Å². The Morgan fingerprint density at radius 1 is 1.19 bits per heavy atom. The Bertz CT molecular complexity index is 1040. The first-order valence-electron chi connectivity index (χ1n) is 7.74. The number of imidazole rings is 1. The monoisotopic (exact) mass is 363 g/mol. The number of carbonyl (C=O) groups excluding carboxylic acids is 1. The van der Waals surface area contributed by atoms with E-state index in [1.165, 1.54) is 24.2 Å². The van der Waals surface area contributed by atoms with Crippen LogP contribution in [0.2, 0.25) is 0 Å². The largest absolute Gasteiger partial charge is 0.448 e. The van der Waals surface area contributed by atoms with Crippen molar-refractivity contribution in [3.8, 4) is 0 Å². The van der Waals surface area contributed by atoms with Gasteiger partial charge in [0, 0.05) is 12.4 Å². The van der Waals surface area contributed by atoms with E-state index in [1.54, 1.807) is 24.4 Å². The van der Waals surface area contributed by atoms with Gasteiger partial charge >= 0.3 is 0 Å². The molecule has 26 heavy (non-hydrogen) atoms. The SMILES string of the molecule is O=C(N/N=C\c1ccc(Sc2nc3ccccc3[nH]2)o1)c1cccnc1. The molecule has 0 fully saturated rings. The Morgan fingerprint density at radius 2 is 2.12 bits per heavy atom. The molecule has 3 aromatic heterocycles. The molecule has 0 saturated carbocycles. The van der Waals surface area contributed by atoms with Crippen LogP contribution in [0.25, 0.3) is 11.0 Å². The molecule has 2 N–H and O–H groups in total. The van der Waals surface area contributed by atoms with Crippen LogP contribution in [-0.2, 0) is 0 Å². The quantitative estimate of drug-likeness (QED) is 0.418. The molecule has 4 rings (SSSR count). The third kappa shape index (κ3) is 3.65. The number of hydrogen-bond acceptors (Lipinski definition) is 6. The van der Waals surface area contributed by atoms with E-state index < -0.39 is 0 Å². The number of para-hydroxylation sites is 2. The van der Waals surface area contributed by atoms with Crippen LogP contribution in [0, 0.1) is 0 Å². The maximum Gasteiger partial charge on any atom is 0.272 e. The summed E-state index contributed by atoms with van der Waals surface area (Å²) in [7, 11) is 0. The van der Waals surface area contributed by atoms with Crippen LogP contribution in [0.3, 0.4) is 0 Å². The molecule has 7 nitrogen and oxygen atoms in total. The summed E-state index contributed by atoms with van der Waals surface area (Å²) in [6.45, 7) is 0. The molecule has 1 amide bonds. The van der Waals surface area contributed by atoms with Gasteiger partial charge in [-0.15, -0.1) is 0 Å². The summed E-state index contributed by atoms with van der Waals surface area (Å²) in [5.41, 5.74) is 4.74. The van der Waals surface area contributed by atoms with Crippen LogP contribution in [0.5, 0.6) is 0 Å². The second kappa shape index (κ2) is 7.24. The van der Waals surface area contributed by atoms with E-state index in [0.29, 0.717) is 16.4 Å². The number of amides is 1. The van der Waals surface area contributed by atoms with Gasteiger partial charge < -0.3 is 9.40 Å². The highest BCUT2D eigenvalue weighted by molar-refractivity contribution is 7.99. The summed E-state index contributed by atoms with van der Waals surface area (Å²) in [4.78, 5) is 23.5. The molecule has 0 spiro atoms. The van der Waals surface area contributed by atoms with E-state index in [0.717, 1.165) is 16.2 Å². The van der Waals surface area contributed by atoms with Gasteiger partial charge in [-0.05, 0) is 48.2 Å². The van der Waals surface area contributed by atoms with Gasteiger partial charge in [-0.25, -0.2) is 10.4 Å². The summed E-state index contributed by atoms with van der Waals surface area (Å²) in [5, 5.41) is 5.31. The maximum absolute atomic E-state index is 11.9. The zero-order valence-electron chi connectivity index (χ0n) is 13.4. The number of hydrogen-bond donors (Lipinski definition) is 2. The standard InChI is InChI=1S/C18H13N5O2S/c24-17(12-4-3-9-19-10-12)23-20-11-13-7-8-16(25-13)26-18-21-14-5-1-2-6-15(14)22-18/h1-11H,(H,21,22)(H,23,24)/b20-11-. The summed E-state index contributed by atoms with van der Waals surface area (Å²) in [5.74, 6) is 0.188. The molecule has 0 saturated heterocycles. The fourth-order valence-corrected chi connectivity index (χ4v) is 3.02. The van der Waals surface area contributed by atoms with Gasteiger partial charge in [0.15, 0.2) is 10.2 Å². The van der Waals surface area contributed by atoms with E-state index in [4.69, 9.17) is 4.42 Å². The van der Waals surface area contributed by atoms with Crippen LogP contribution in [0.15, 0.2) is 80.7 Å². The number of aromatic amines is 1. The number of hydrazone groups is 1. The number of aromatic nitrogens is 3. The number of carbonyl (C=O) groups is 1. The molecule has 0 bridgehead atoms. The number of H-pyrrole nitrogens is 1. The lowest BCUT2D eigenvalue weighted by Crippen LogP contribution is -2.17. The minimum absolute atomic E-state index is 0.335. The third-order valence-corrected chi connectivity index (χ3v) is 4.26. The molecule has 1 aromatic carbocycles. The van der Waals surface area contributed by atoms with Crippen molar-refractivity contribution < 1.29 is 9.21 Å².